The molecule has 38 heavy (non-hydrogen) atoms. The maximum Gasteiger partial charge on any atom is 0.272 e. The molecule has 0 aliphatic carbocycles. The predicted octanol–water partition coefficient (Wildman–Crippen LogP) is 2.38. The molecule has 2 aromatic carbocycles. The molecule has 200 valence electrons. The molecule has 1 aliphatic rings. The normalized spacial score (nSPS) is 14.3. The first kappa shape index (κ1) is 27.2. The third-order valence-corrected chi connectivity index (χ3v) is 6.64. The molecule has 2 heterocycles. The van der Waals surface area contributed by atoms with Crippen molar-refractivity contribution in [3.63, 3.8) is 0 Å². The van der Waals surface area contributed by atoms with Gasteiger partial charge in [0.2, 0.25) is 0 Å². The van der Waals surface area contributed by atoms with Crippen LogP contribution >= 0.6 is 11.6 Å². The third kappa shape index (κ3) is 6.55. The summed E-state index contributed by atoms with van der Waals surface area (Å²) in [4.78, 5) is 46.3. The van der Waals surface area contributed by atoms with Crippen LogP contribution in [-0.2, 0) is 0 Å². The molecule has 1 aliphatic heterocycles. The topological polar surface area (TPSA) is 126 Å². The van der Waals surface area contributed by atoms with Crippen molar-refractivity contribution in [3.8, 4) is 5.69 Å². The number of nitrogens with two attached hydrogens (primary N) is 1. The number of carbonyl (C=O) groups is 3. The minimum absolute atomic E-state index is 0.00577. The minimum atomic E-state index is -0.798. The van der Waals surface area contributed by atoms with Gasteiger partial charge in [-0.3, -0.25) is 19.0 Å². The Balaban J connectivity index is 1.39. The number of rotatable bonds is 9. The third-order valence-electron chi connectivity index (χ3n) is 6.33. The highest BCUT2D eigenvalue weighted by Crippen LogP contribution is 2.21. The van der Waals surface area contributed by atoms with Crippen LogP contribution < -0.4 is 16.4 Å². The van der Waals surface area contributed by atoms with Crippen LogP contribution in [-0.4, -0.2) is 83.4 Å². The van der Waals surface area contributed by atoms with Gasteiger partial charge >= 0.3 is 0 Å². The van der Waals surface area contributed by atoms with Gasteiger partial charge in [-0.15, -0.1) is 0 Å². The van der Waals surface area contributed by atoms with Crippen LogP contribution in [0.2, 0.25) is 5.02 Å². The lowest BCUT2D eigenvalue weighted by Crippen LogP contribution is -2.45. The zero-order chi connectivity index (χ0) is 27.2. The van der Waals surface area contributed by atoms with Crippen LogP contribution in [0.4, 0.5) is 10.1 Å². The van der Waals surface area contributed by atoms with Crippen molar-refractivity contribution in [2.45, 2.75) is 6.42 Å². The van der Waals surface area contributed by atoms with Gasteiger partial charge in [0.05, 0.1) is 10.6 Å². The molecule has 1 fully saturated rings. The van der Waals surface area contributed by atoms with Crippen LogP contribution in [0.5, 0.6) is 0 Å². The SMILES string of the molecule is CN1CCN(CCCNC(=O)c2ncn(-c3ccc(NC(=O)c4ccc(F)cc4Cl)cc3)c2C(N)=O)CC1. The fourth-order valence-corrected chi connectivity index (χ4v) is 4.44. The van der Waals surface area contributed by atoms with Gasteiger partial charge < -0.3 is 26.2 Å². The number of imidazole rings is 1. The summed E-state index contributed by atoms with van der Waals surface area (Å²) in [6, 6.07) is 9.98. The monoisotopic (exact) mass is 541 g/mol. The fraction of sp³-hybridized carbons (Fsp3) is 0.308. The zero-order valence-corrected chi connectivity index (χ0v) is 21.7. The molecule has 0 unspecified atom stereocenters. The number of hydrogen-bond donors (Lipinski definition) is 3. The number of likely N-dealkylation sites (N-methyl/N-ethyl adjacent to an activating group) is 1. The lowest BCUT2D eigenvalue weighted by atomic mass is 10.2. The molecule has 4 N–H and O–H groups in total. The Morgan fingerprint density at radius 1 is 1.05 bits per heavy atom. The first-order chi connectivity index (χ1) is 18.2. The zero-order valence-electron chi connectivity index (χ0n) is 20.9. The maximum atomic E-state index is 13.3. The number of piperazine rings is 1. The molecular weight excluding hydrogens is 513 g/mol. The number of aromatic nitrogens is 2. The van der Waals surface area contributed by atoms with Gasteiger partial charge in [-0.05, 0) is 62.5 Å². The Kier molecular flexibility index (Phi) is 8.72. The molecule has 0 atom stereocenters. The van der Waals surface area contributed by atoms with Gasteiger partial charge in [-0.1, -0.05) is 11.6 Å². The van der Waals surface area contributed by atoms with E-state index in [0.717, 1.165) is 51.3 Å². The summed E-state index contributed by atoms with van der Waals surface area (Å²) in [5.41, 5.74) is 6.58. The van der Waals surface area contributed by atoms with Crippen LogP contribution in [0, 0.1) is 5.82 Å². The first-order valence-electron chi connectivity index (χ1n) is 12.2. The van der Waals surface area contributed by atoms with E-state index < -0.39 is 23.5 Å². The van der Waals surface area contributed by atoms with Gasteiger partial charge in [0.1, 0.15) is 17.8 Å². The Bertz CT molecular complexity index is 1320. The summed E-state index contributed by atoms with van der Waals surface area (Å²) in [6.45, 7) is 5.39. The maximum absolute atomic E-state index is 13.3. The van der Waals surface area contributed by atoms with Crippen molar-refractivity contribution >= 4 is 35.0 Å². The summed E-state index contributed by atoms with van der Waals surface area (Å²) in [6.07, 6.45) is 2.13. The smallest absolute Gasteiger partial charge is 0.272 e. The highest BCUT2D eigenvalue weighted by atomic mass is 35.5. The van der Waals surface area contributed by atoms with E-state index in [0.29, 0.717) is 17.9 Å². The highest BCUT2D eigenvalue weighted by Gasteiger charge is 2.23. The van der Waals surface area contributed by atoms with Gasteiger partial charge in [-0.25, -0.2) is 9.37 Å². The molecule has 3 aromatic rings. The van der Waals surface area contributed by atoms with E-state index in [1.165, 1.54) is 17.0 Å². The lowest BCUT2D eigenvalue weighted by Gasteiger charge is -2.32. The minimum Gasteiger partial charge on any atom is -0.364 e. The number of halogens is 2. The second-order valence-electron chi connectivity index (χ2n) is 9.06. The predicted molar refractivity (Wildman–Crippen MR) is 142 cm³/mol. The fourth-order valence-electron chi connectivity index (χ4n) is 4.18. The second kappa shape index (κ2) is 12.2. The number of benzene rings is 2. The van der Waals surface area contributed by atoms with Crippen molar-refractivity contribution in [1.82, 2.24) is 24.7 Å². The molecular formula is C26H29ClFN7O3. The Morgan fingerprint density at radius 2 is 1.76 bits per heavy atom. The van der Waals surface area contributed by atoms with Crippen molar-refractivity contribution < 1.29 is 18.8 Å². The van der Waals surface area contributed by atoms with Crippen LogP contribution in [0.25, 0.3) is 5.69 Å². The number of nitrogens with one attached hydrogen (secondary N) is 2. The average Bonchev–Trinajstić information content (AvgIpc) is 3.34. The van der Waals surface area contributed by atoms with Crippen molar-refractivity contribution in [1.29, 1.82) is 0 Å². The average molecular weight is 542 g/mol. The largest absolute Gasteiger partial charge is 0.364 e. The van der Waals surface area contributed by atoms with Crippen LogP contribution in [0.1, 0.15) is 37.8 Å². The number of hydrogen-bond acceptors (Lipinski definition) is 6. The van der Waals surface area contributed by atoms with E-state index in [-0.39, 0.29) is 22.0 Å². The summed E-state index contributed by atoms with van der Waals surface area (Å²) >= 11 is 5.96. The van der Waals surface area contributed by atoms with E-state index in [4.69, 9.17) is 17.3 Å². The van der Waals surface area contributed by atoms with Crippen LogP contribution in [0.3, 0.4) is 0 Å². The molecule has 0 saturated carbocycles. The molecule has 12 heteroatoms. The van der Waals surface area contributed by atoms with Crippen LogP contribution in [0.15, 0.2) is 48.8 Å². The Morgan fingerprint density at radius 3 is 2.42 bits per heavy atom. The van der Waals surface area contributed by atoms with Gasteiger partial charge in [0.25, 0.3) is 17.7 Å². The quantitative estimate of drug-likeness (QED) is 0.357. The molecule has 3 amide bonds. The van der Waals surface area contributed by atoms with E-state index in [1.807, 2.05) is 0 Å². The summed E-state index contributed by atoms with van der Waals surface area (Å²) in [5, 5.41) is 5.49. The van der Waals surface area contributed by atoms with Crippen molar-refractivity contribution in [2.75, 3.05) is 51.6 Å². The molecule has 0 spiro atoms. The number of carbonyl (C=O) groups excluding carboxylic acids is 3. The number of amides is 3. The van der Waals surface area contributed by atoms with Crippen molar-refractivity contribution in [2.24, 2.45) is 5.73 Å². The lowest BCUT2D eigenvalue weighted by molar-refractivity contribution is 0.0926. The summed E-state index contributed by atoms with van der Waals surface area (Å²) in [7, 11) is 2.10. The molecule has 0 bridgehead atoms. The number of nitrogens with zero attached hydrogens (tertiary/aromatic N) is 4. The van der Waals surface area contributed by atoms with Crippen molar-refractivity contribution in [3.05, 3.63) is 76.6 Å². The van der Waals surface area contributed by atoms with Gasteiger partial charge in [-0.2, -0.15) is 0 Å². The molecule has 1 saturated heterocycles. The molecule has 10 nitrogen and oxygen atoms in total. The van der Waals surface area contributed by atoms with E-state index in [9.17, 15) is 18.8 Å². The van der Waals surface area contributed by atoms with Gasteiger partial charge in [0.15, 0.2) is 5.69 Å². The Hall–Kier alpha value is -3.80. The first-order valence-corrected chi connectivity index (χ1v) is 12.5. The van der Waals surface area contributed by atoms with E-state index >= 15 is 0 Å². The second-order valence-corrected chi connectivity index (χ2v) is 9.46. The number of primary amides is 1. The van der Waals surface area contributed by atoms with E-state index in [2.05, 4.69) is 32.5 Å². The summed E-state index contributed by atoms with van der Waals surface area (Å²) in [5.74, 6) is -2.32. The molecule has 0 radical (unpaired) electrons. The molecule has 1 aromatic heterocycles. The highest BCUT2D eigenvalue weighted by molar-refractivity contribution is 6.34. The Labute approximate surface area is 224 Å². The number of anilines is 1. The van der Waals surface area contributed by atoms with E-state index in [1.54, 1.807) is 24.3 Å². The van der Waals surface area contributed by atoms with Gasteiger partial charge in [0, 0.05) is 44.1 Å². The standard InChI is InChI=1S/C26H29ClFN7O3/c1-33-11-13-34(14-12-33)10-2-9-30-26(38)22-23(24(29)36)35(16-31-22)19-6-4-18(5-7-19)32-25(37)20-8-3-17(28)15-21(20)27/h3-8,15-16H,2,9-14H2,1H3,(H2,29,36)(H,30,38)(H,32,37). The summed E-state index contributed by atoms with van der Waals surface area (Å²) < 4.78 is 14.7. The molecule has 4 rings (SSSR count).